The third-order valence-electron chi connectivity index (χ3n) is 7.28. The van der Waals surface area contributed by atoms with E-state index in [9.17, 15) is 19.8 Å². The van der Waals surface area contributed by atoms with Crippen molar-refractivity contribution in [2.45, 2.75) is 32.0 Å². The molecule has 0 saturated carbocycles. The summed E-state index contributed by atoms with van der Waals surface area (Å²) in [5.41, 5.74) is 4.08. The standard InChI is InChI=1S/C30H34N4O5/c1-32(2)30(38)34-14-12-22(17-34)31-25-10-6-9-21-11-13-33(18-24(21)25)29(37)28-26(36)15-23(35)16-27(28)39-19-20-7-4-3-5-8-20/h3-10,15-16,22,31,35-36H,11-14,17-19H2,1-2H3. The number of ether oxygens (including phenoxy) is 1. The molecule has 0 aromatic heterocycles. The van der Waals surface area contributed by atoms with Gasteiger partial charge in [-0.25, -0.2) is 4.79 Å². The fourth-order valence-corrected chi connectivity index (χ4v) is 5.25. The second-order valence-corrected chi connectivity index (χ2v) is 10.3. The number of urea groups is 1. The van der Waals surface area contributed by atoms with Gasteiger partial charge in [0.05, 0.1) is 0 Å². The Balaban J connectivity index is 1.34. The van der Waals surface area contributed by atoms with Crippen molar-refractivity contribution < 1.29 is 24.5 Å². The smallest absolute Gasteiger partial charge is 0.319 e. The molecule has 1 unspecified atom stereocenters. The maximum atomic E-state index is 13.7. The zero-order valence-electron chi connectivity index (χ0n) is 22.3. The van der Waals surface area contributed by atoms with E-state index in [1.165, 1.54) is 11.6 Å². The summed E-state index contributed by atoms with van der Waals surface area (Å²) in [6.07, 6.45) is 1.51. The number of rotatable bonds is 6. The van der Waals surface area contributed by atoms with E-state index in [2.05, 4.69) is 11.4 Å². The first-order valence-electron chi connectivity index (χ1n) is 13.2. The molecule has 0 radical (unpaired) electrons. The number of hydrogen-bond acceptors (Lipinski definition) is 6. The predicted octanol–water partition coefficient (Wildman–Crippen LogP) is 4.04. The van der Waals surface area contributed by atoms with Crippen LogP contribution in [0.5, 0.6) is 17.2 Å². The van der Waals surface area contributed by atoms with E-state index in [1.807, 2.05) is 47.4 Å². The van der Waals surface area contributed by atoms with E-state index in [0.717, 1.165) is 29.3 Å². The van der Waals surface area contributed by atoms with Gasteiger partial charge in [0.2, 0.25) is 0 Å². The van der Waals surface area contributed by atoms with Crippen molar-refractivity contribution in [3.8, 4) is 17.2 Å². The summed E-state index contributed by atoms with van der Waals surface area (Å²) >= 11 is 0. The number of carbonyl (C=O) groups is 2. The summed E-state index contributed by atoms with van der Waals surface area (Å²) in [6.45, 7) is 2.35. The summed E-state index contributed by atoms with van der Waals surface area (Å²) in [5, 5.41) is 24.4. The lowest BCUT2D eigenvalue weighted by Gasteiger charge is -2.32. The molecule has 2 aliphatic heterocycles. The Kier molecular flexibility index (Phi) is 7.49. The second-order valence-electron chi connectivity index (χ2n) is 10.3. The first kappa shape index (κ1) is 26.2. The molecule has 1 fully saturated rings. The van der Waals surface area contributed by atoms with Crippen LogP contribution in [-0.2, 0) is 19.6 Å². The topological polar surface area (TPSA) is 106 Å². The number of anilines is 1. The van der Waals surface area contributed by atoms with Crippen LogP contribution in [0.4, 0.5) is 10.5 Å². The molecule has 3 amide bonds. The van der Waals surface area contributed by atoms with Crippen LogP contribution in [0.2, 0.25) is 0 Å². The van der Waals surface area contributed by atoms with Crippen molar-refractivity contribution in [1.82, 2.24) is 14.7 Å². The number of hydrogen-bond donors (Lipinski definition) is 3. The van der Waals surface area contributed by atoms with Crippen LogP contribution in [0.25, 0.3) is 0 Å². The molecule has 2 heterocycles. The Labute approximate surface area is 228 Å². The molecule has 9 heteroatoms. The highest BCUT2D eigenvalue weighted by Crippen LogP contribution is 2.36. The molecule has 1 atom stereocenters. The third-order valence-corrected chi connectivity index (χ3v) is 7.28. The quantitative estimate of drug-likeness (QED) is 0.444. The molecule has 3 aromatic rings. The summed E-state index contributed by atoms with van der Waals surface area (Å²) < 4.78 is 5.91. The Bertz CT molecular complexity index is 1360. The number of fused-ring (bicyclic) bond motifs is 1. The first-order chi connectivity index (χ1) is 18.8. The molecule has 5 rings (SSSR count). The lowest BCUT2D eigenvalue weighted by molar-refractivity contribution is 0.0726. The number of amides is 3. The fraction of sp³-hybridized carbons (Fsp3) is 0.333. The molecule has 3 N–H and O–H groups in total. The van der Waals surface area contributed by atoms with Crippen LogP contribution in [0.15, 0.2) is 60.7 Å². The van der Waals surface area contributed by atoms with Crippen molar-refractivity contribution in [1.29, 1.82) is 0 Å². The third kappa shape index (κ3) is 5.72. The number of phenols is 2. The van der Waals surface area contributed by atoms with Crippen LogP contribution in [0.1, 0.15) is 33.5 Å². The monoisotopic (exact) mass is 530 g/mol. The largest absolute Gasteiger partial charge is 0.508 e. The molecule has 0 bridgehead atoms. The van der Waals surface area contributed by atoms with Crippen molar-refractivity contribution in [2.24, 2.45) is 0 Å². The first-order valence-corrected chi connectivity index (χ1v) is 13.2. The number of nitrogens with zero attached hydrogens (tertiary/aromatic N) is 3. The predicted molar refractivity (Wildman–Crippen MR) is 148 cm³/mol. The molecule has 204 valence electrons. The molecule has 39 heavy (non-hydrogen) atoms. The molecule has 3 aromatic carbocycles. The number of carbonyl (C=O) groups excluding carboxylic acids is 2. The molecule has 1 saturated heterocycles. The van der Waals surface area contributed by atoms with Gasteiger partial charge >= 0.3 is 6.03 Å². The SMILES string of the molecule is CN(C)C(=O)N1CCC(Nc2cccc3c2CN(C(=O)c2c(O)cc(O)cc2OCc2ccccc2)CC3)C1. The maximum Gasteiger partial charge on any atom is 0.319 e. The van der Waals surface area contributed by atoms with Crippen molar-refractivity contribution in [3.63, 3.8) is 0 Å². The number of likely N-dealkylation sites (tertiary alicyclic amines) is 1. The minimum atomic E-state index is -0.361. The minimum absolute atomic E-state index is 0.00477. The molecule has 0 aliphatic carbocycles. The van der Waals surface area contributed by atoms with Crippen LogP contribution < -0.4 is 10.1 Å². The minimum Gasteiger partial charge on any atom is -0.508 e. The zero-order chi connectivity index (χ0) is 27.5. The van der Waals surface area contributed by atoms with Crippen LogP contribution in [-0.4, -0.2) is 76.6 Å². The Morgan fingerprint density at radius 2 is 1.82 bits per heavy atom. The lowest BCUT2D eigenvalue weighted by Crippen LogP contribution is -2.39. The van der Waals surface area contributed by atoms with Crippen molar-refractivity contribution in [3.05, 3.63) is 82.9 Å². The van der Waals surface area contributed by atoms with Gasteiger partial charge in [-0.15, -0.1) is 0 Å². The lowest BCUT2D eigenvalue weighted by atomic mass is 9.96. The summed E-state index contributed by atoms with van der Waals surface area (Å²) in [6, 6.07) is 18.2. The molecular formula is C30H34N4O5. The van der Waals surface area contributed by atoms with Gasteiger partial charge in [-0.3, -0.25) is 4.79 Å². The molecular weight excluding hydrogens is 496 g/mol. The Morgan fingerprint density at radius 1 is 1.03 bits per heavy atom. The van der Waals surface area contributed by atoms with E-state index in [4.69, 9.17) is 4.74 Å². The average molecular weight is 531 g/mol. The van der Waals surface area contributed by atoms with Gasteiger partial charge in [-0.1, -0.05) is 42.5 Å². The molecule has 9 nitrogen and oxygen atoms in total. The highest BCUT2D eigenvalue weighted by molar-refractivity contribution is 6.00. The normalized spacial score (nSPS) is 16.5. The molecule has 2 aliphatic rings. The summed E-state index contributed by atoms with van der Waals surface area (Å²) in [4.78, 5) is 31.2. The van der Waals surface area contributed by atoms with E-state index < -0.39 is 0 Å². The van der Waals surface area contributed by atoms with Gasteiger partial charge in [-0.2, -0.15) is 0 Å². The highest BCUT2D eigenvalue weighted by atomic mass is 16.5. The van der Waals surface area contributed by atoms with Gasteiger partial charge in [0.25, 0.3) is 5.91 Å². The average Bonchev–Trinajstić information content (AvgIpc) is 3.39. The number of nitrogens with one attached hydrogen (secondary N) is 1. The number of benzene rings is 3. The second kappa shape index (κ2) is 11.1. The maximum absolute atomic E-state index is 13.7. The van der Waals surface area contributed by atoms with Crippen molar-refractivity contribution in [2.75, 3.05) is 39.0 Å². The van der Waals surface area contributed by atoms with E-state index in [0.29, 0.717) is 32.6 Å². The van der Waals surface area contributed by atoms with Crippen molar-refractivity contribution >= 4 is 17.6 Å². The van der Waals surface area contributed by atoms with Gasteiger partial charge in [0.15, 0.2) is 0 Å². The number of aromatic hydroxyl groups is 2. The zero-order valence-corrected chi connectivity index (χ0v) is 22.3. The van der Waals surface area contributed by atoms with Gasteiger partial charge in [0, 0.05) is 64.1 Å². The Hall–Kier alpha value is -4.40. The van der Waals surface area contributed by atoms with Gasteiger partial charge in [0.1, 0.15) is 29.4 Å². The highest BCUT2D eigenvalue weighted by Gasteiger charge is 2.31. The summed E-state index contributed by atoms with van der Waals surface area (Å²) in [7, 11) is 3.51. The summed E-state index contributed by atoms with van der Waals surface area (Å²) in [5.74, 6) is -0.729. The van der Waals surface area contributed by atoms with E-state index in [1.54, 1.807) is 23.9 Å². The number of phenolic OH excluding ortho intramolecular Hbond substituents is 2. The van der Waals surface area contributed by atoms with Gasteiger partial charge < -0.3 is 35.0 Å². The van der Waals surface area contributed by atoms with E-state index in [-0.39, 0.29) is 47.4 Å². The van der Waals surface area contributed by atoms with E-state index >= 15 is 0 Å². The Morgan fingerprint density at radius 3 is 2.59 bits per heavy atom. The fourth-order valence-electron chi connectivity index (χ4n) is 5.25. The molecule has 0 spiro atoms. The van der Waals surface area contributed by atoms with Crippen LogP contribution in [0, 0.1) is 0 Å². The van der Waals surface area contributed by atoms with Crippen LogP contribution in [0.3, 0.4) is 0 Å². The van der Waals surface area contributed by atoms with Gasteiger partial charge in [-0.05, 0) is 35.6 Å². The van der Waals surface area contributed by atoms with Crippen LogP contribution >= 0.6 is 0 Å².